The number of hydrogen-bond acceptors (Lipinski definition) is 5. The standard InChI is InChI=1S/C29H29NO5/c1-5-15-35-22-13-11-20(12-14-22)27(31)25-26(21-7-6-8-23(17-21)34-4)30(29(33)28(25)32)24-16-18(2)9-10-19(24)3/h6-14,16-17,26,31H,5,15H2,1-4H3/b27-25+. The quantitative estimate of drug-likeness (QED) is 0.271. The second kappa shape index (κ2) is 10.1. The maximum atomic E-state index is 13.4. The van der Waals surface area contributed by atoms with E-state index in [9.17, 15) is 14.7 Å². The third-order valence-electron chi connectivity index (χ3n) is 6.08. The molecule has 180 valence electrons. The maximum Gasteiger partial charge on any atom is 0.300 e. The van der Waals surface area contributed by atoms with Gasteiger partial charge >= 0.3 is 0 Å². The van der Waals surface area contributed by atoms with E-state index in [1.807, 2.05) is 45.0 Å². The largest absolute Gasteiger partial charge is 0.507 e. The van der Waals surface area contributed by atoms with Crippen molar-refractivity contribution in [2.45, 2.75) is 33.2 Å². The fourth-order valence-corrected chi connectivity index (χ4v) is 4.27. The zero-order valence-electron chi connectivity index (χ0n) is 20.4. The van der Waals surface area contributed by atoms with Gasteiger partial charge in [-0.05, 0) is 79.4 Å². The van der Waals surface area contributed by atoms with E-state index in [-0.39, 0.29) is 11.3 Å². The van der Waals surface area contributed by atoms with Crippen LogP contribution in [0.1, 0.15) is 41.6 Å². The third-order valence-corrected chi connectivity index (χ3v) is 6.08. The van der Waals surface area contributed by atoms with Crippen molar-refractivity contribution in [1.29, 1.82) is 0 Å². The van der Waals surface area contributed by atoms with Crippen molar-refractivity contribution < 1.29 is 24.2 Å². The van der Waals surface area contributed by atoms with Crippen LogP contribution in [0.25, 0.3) is 5.76 Å². The summed E-state index contributed by atoms with van der Waals surface area (Å²) >= 11 is 0. The molecular weight excluding hydrogens is 442 g/mol. The number of hydrogen-bond donors (Lipinski definition) is 1. The molecule has 1 amide bonds. The number of Topliss-reactive ketones (excluding diaryl/α,β-unsaturated/α-hetero) is 1. The molecule has 35 heavy (non-hydrogen) atoms. The summed E-state index contributed by atoms with van der Waals surface area (Å²) < 4.78 is 11.0. The van der Waals surface area contributed by atoms with Gasteiger partial charge in [-0.3, -0.25) is 14.5 Å². The van der Waals surface area contributed by atoms with Gasteiger partial charge in [-0.15, -0.1) is 0 Å². The molecule has 1 heterocycles. The minimum atomic E-state index is -0.818. The number of carbonyl (C=O) groups is 2. The molecule has 4 rings (SSSR count). The molecule has 1 saturated heterocycles. The molecule has 1 N–H and O–H groups in total. The molecule has 0 bridgehead atoms. The van der Waals surface area contributed by atoms with Gasteiger partial charge in [-0.25, -0.2) is 0 Å². The van der Waals surface area contributed by atoms with Gasteiger partial charge in [0, 0.05) is 11.3 Å². The number of carbonyl (C=O) groups excluding carboxylic acids is 2. The van der Waals surface area contributed by atoms with Crippen LogP contribution in [0.3, 0.4) is 0 Å². The smallest absolute Gasteiger partial charge is 0.300 e. The summed E-state index contributed by atoms with van der Waals surface area (Å²) in [6.45, 7) is 6.43. The molecule has 1 aliphatic rings. The lowest BCUT2D eigenvalue weighted by Crippen LogP contribution is -2.30. The zero-order valence-corrected chi connectivity index (χ0v) is 20.4. The van der Waals surface area contributed by atoms with E-state index in [1.54, 1.807) is 49.6 Å². The van der Waals surface area contributed by atoms with Crippen LogP contribution < -0.4 is 14.4 Å². The number of amides is 1. The Balaban J connectivity index is 1.90. The maximum absolute atomic E-state index is 13.4. The number of aliphatic hydroxyl groups excluding tert-OH is 1. The van der Waals surface area contributed by atoms with Crippen LogP contribution in [0.5, 0.6) is 11.5 Å². The highest BCUT2D eigenvalue weighted by Crippen LogP contribution is 2.44. The molecule has 0 saturated carbocycles. The van der Waals surface area contributed by atoms with E-state index < -0.39 is 17.7 Å². The van der Waals surface area contributed by atoms with Gasteiger partial charge in [-0.1, -0.05) is 31.2 Å². The van der Waals surface area contributed by atoms with E-state index >= 15 is 0 Å². The van der Waals surface area contributed by atoms with Gasteiger partial charge in [0.05, 0.1) is 25.3 Å². The Bertz CT molecular complexity index is 1290. The van der Waals surface area contributed by atoms with Gasteiger partial charge in [0.2, 0.25) is 0 Å². The SMILES string of the molecule is CCCOc1ccc(/C(O)=C2\C(=O)C(=O)N(c3cc(C)ccc3C)C2c2cccc(OC)c2)cc1. The Kier molecular flexibility index (Phi) is 6.92. The topological polar surface area (TPSA) is 76.1 Å². The predicted octanol–water partition coefficient (Wildman–Crippen LogP) is 5.73. The van der Waals surface area contributed by atoms with Crippen molar-refractivity contribution in [1.82, 2.24) is 0 Å². The van der Waals surface area contributed by atoms with Gasteiger partial charge in [0.25, 0.3) is 11.7 Å². The fraction of sp³-hybridized carbons (Fsp3) is 0.241. The number of aryl methyl sites for hydroxylation is 2. The van der Waals surface area contributed by atoms with Gasteiger partial charge in [0.15, 0.2) is 0 Å². The second-order valence-corrected chi connectivity index (χ2v) is 8.61. The number of aliphatic hydroxyl groups is 1. The average molecular weight is 472 g/mol. The lowest BCUT2D eigenvalue weighted by molar-refractivity contribution is -0.132. The summed E-state index contributed by atoms with van der Waals surface area (Å²) in [6, 6.07) is 19.0. The Morgan fingerprint density at radius 3 is 2.40 bits per heavy atom. The summed E-state index contributed by atoms with van der Waals surface area (Å²) in [7, 11) is 1.56. The molecule has 3 aromatic rings. The molecule has 1 unspecified atom stereocenters. The van der Waals surface area contributed by atoms with E-state index in [0.29, 0.717) is 34.9 Å². The van der Waals surface area contributed by atoms with Crippen molar-refractivity contribution in [3.05, 3.63) is 94.6 Å². The summed E-state index contributed by atoms with van der Waals surface area (Å²) in [4.78, 5) is 28.3. The molecular formula is C29H29NO5. The lowest BCUT2D eigenvalue weighted by atomic mass is 9.94. The molecule has 6 nitrogen and oxygen atoms in total. The number of rotatable bonds is 7. The molecule has 0 aromatic heterocycles. The van der Waals surface area contributed by atoms with Crippen LogP contribution in [0.4, 0.5) is 5.69 Å². The van der Waals surface area contributed by atoms with E-state index in [1.165, 1.54) is 4.90 Å². The van der Waals surface area contributed by atoms with Crippen LogP contribution in [-0.4, -0.2) is 30.5 Å². The highest BCUT2D eigenvalue weighted by atomic mass is 16.5. The fourth-order valence-electron chi connectivity index (χ4n) is 4.27. The Labute approximate surface area is 205 Å². The molecule has 1 aliphatic heterocycles. The first-order valence-electron chi connectivity index (χ1n) is 11.6. The number of benzene rings is 3. The van der Waals surface area contributed by atoms with Gasteiger partial charge in [0.1, 0.15) is 17.3 Å². The Morgan fingerprint density at radius 1 is 0.971 bits per heavy atom. The van der Waals surface area contributed by atoms with Crippen LogP contribution in [0, 0.1) is 13.8 Å². The number of methoxy groups -OCH3 is 1. The molecule has 1 fully saturated rings. The Morgan fingerprint density at radius 2 is 1.71 bits per heavy atom. The van der Waals surface area contributed by atoms with Crippen molar-refractivity contribution in [2.24, 2.45) is 0 Å². The van der Waals surface area contributed by atoms with Crippen LogP contribution >= 0.6 is 0 Å². The molecule has 0 radical (unpaired) electrons. The van der Waals surface area contributed by atoms with Gasteiger partial charge < -0.3 is 14.6 Å². The molecule has 0 aliphatic carbocycles. The van der Waals surface area contributed by atoms with Crippen molar-refractivity contribution in [3.8, 4) is 11.5 Å². The molecule has 0 spiro atoms. The van der Waals surface area contributed by atoms with Crippen molar-refractivity contribution >= 4 is 23.1 Å². The minimum absolute atomic E-state index is 0.0337. The van der Waals surface area contributed by atoms with E-state index in [2.05, 4.69) is 0 Å². The highest BCUT2D eigenvalue weighted by Gasteiger charge is 2.47. The molecule has 6 heteroatoms. The molecule has 1 atom stereocenters. The summed E-state index contributed by atoms with van der Waals surface area (Å²) in [5.74, 6) is -0.389. The van der Waals surface area contributed by atoms with Gasteiger partial charge in [-0.2, -0.15) is 0 Å². The molecule has 3 aromatic carbocycles. The summed E-state index contributed by atoms with van der Waals surface area (Å²) in [5, 5.41) is 11.3. The van der Waals surface area contributed by atoms with Crippen LogP contribution in [0.2, 0.25) is 0 Å². The van der Waals surface area contributed by atoms with Crippen molar-refractivity contribution in [3.63, 3.8) is 0 Å². The average Bonchev–Trinajstić information content (AvgIpc) is 3.14. The predicted molar refractivity (Wildman–Crippen MR) is 136 cm³/mol. The summed E-state index contributed by atoms with van der Waals surface area (Å²) in [6.07, 6.45) is 0.879. The normalized spacial score (nSPS) is 17.0. The first-order valence-corrected chi connectivity index (χ1v) is 11.6. The number of nitrogens with zero attached hydrogens (tertiary/aromatic N) is 1. The lowest BCUT2D eigenvalue weighted by Gasteiger charge is -2.27. The minimum Gasteiger partial charge on any atom is -0.507 e. The first-order chi connectivity index (χ1) is 16.8. The van der Waals surface area contributed by atoms with E-state index in [4.69, 9.17) is 9.47 Å². The third kappa shape index (κ3) is 4.64. The first kappa shape index (κ1) is 24.1. The Hall–Kier alpha value is -4.06. The van der Waals surface area contributed by atoms with Crippen LogP contribution in [-0.2, 0) is 9.59 Å². The summed E-state index contributed by atoms with van der Waals surface area (Å²) in [5.41, 5.74) is 3.56. The van der Waals surface area contributed by atoms with Crippen LogP contribution in [0.15, 0.2) is 72.3 Å². The number of ether oxygens (including phenoxy) is 2. The second-order valence-electron chi connectivity index (χ2n) is 8.61. The van der Waals surface area contributed by atoms with Crippen molar-refractivity contribution in [2.75, 3.05) is 18.6 Å². The monoisotopic (exact) mass is 471 g/mol. The highest BCUT2D eigenvalue weighted by molar-refractivity contribution is 6.51. The zero-order chi connectivity index (χ0) is 25.1. The number of anilines is 1. The van der Waals surface area contributed by atoms with E-state index in [0.717, 1.165) is 17.5 Å². The number of ketones is 1.